The van der Waals surface area contributed by atoms with Crippen molar-refractivity contribution >= 4 is 29.3 Å². The molecule has 0 spiro atoms. The highest BCUT2D eigenvalue weighted by Crippen LogP contribution is 2.30. The first-order chi connectivity index (χ1) is 9.06. The number of anilines is 1. The molecular formula is C11H10ClF3N2O3. The van der Waals surface area contributed by atoms with Gasteiger partial charge in [-0.05, 0) is 25.1 Å². The van der Waals surface area contributed by atoms with Gasteiger partial charge in [-0.1, -0.05) is 17.7 Å². The molecule has 20 heavy (non-hydrogen) atoms. The van der Waals surface area contributed by atoms with Gasteiger partial charge in [0.1, 0.15) is 0 Å². The van der Waals surface area contributed by atoms with E-state index >= 15 is 0 Å². The number of alkyl halides is 3. The molecular weight excluding hydrogens is 301 g/mol. The van der Waals surface area contributed by atoms with E-state index in [4.69, 9.17) is 16.7 Å². The maximum atomic E-state index is 12.7. The lowest BCUT2D eigenvalue weighted by Crippen LogP contribution is -2.62. The van der Waals surface area contributed by atoms with E-state index in [-0.39, 0.29) is 10.7 Å². The molecule has 9 heteroatoms. The molecule has 3 N–H and O–H groups in total. The van der Waals surface area contributed by atoms with Crippen LogP contribution in [0.15, 0.2) is 24.3 Å². The number of hydrogen-bond acceptors (Lipinski definition) is 2. The normalized spacial score (nSPS) is 14.2. The topological polar surface area (TPSA) is 78.4 Å². The zero-order valence-electron chi connectivity index (χ0n) is 10.1. The standard InChI is InChI=1S/C11H10ClF3N2O3/c1-10(8(18)19,11(13,14)15)17-9(20)16-7-4-2-3-6(12)5-7/h2-5H,1H3,(H,18,19)(H2,16,17,20). The number of carbonyl (C=O) groups is 2. The number of carbonyl (C=O) groups excluding carboxylic acids is 1. The molecule has 0 aliphatic carbocycles. The van der Waals surface area contributed by atoms with Gasteiger partial charge in [0.15, 0.2) is 0 Å². The first-order valence-corrected chi connectivity index (χ1v) is 5.59. The third kappa shape index (κ3) is 3.53. The van der Waals surface area contributed by atoms with Crippen LogP contribution >= 0.6 is 11.6 Å². The van der Waals surface area contributed by atoms with E-state index in [9.17, 15) is 22.8 Å². The Bertz CT molecular complexity index is 536. The molecule has 0 saturated heterocycles. The summed E-state index contributed by atoms with van der Waals surface area (Å²) in [5.74, 6) is -2.22. The second-order valence-electron chi connectivity index (χ2n) is 4.02. The molecule has 0 aromatic heterocycles. The van der Waals surface area contributed by atoms with Crippen molar-refractivity contribution in [2.75, 3.05) is 5.32 Å². The predicted octanol–water partition coefficient (Wildman–Crippen LogP) is 2.87. The van der Waals surface area contributed by atoms with E-state index < -0.39 is 23.7 Å². The number of nitrogens with one attached hydrogen (secondary N) is 2. The molecule has 1 rings (SSSR count). The Morgan fingerprint density at radius 3 is 2.35 bits per heavy atom. The lowest BCUT2D eigenvalue weighted by molar-refractivity contribution is -0.203. The molecule has 1 atom stereocenters. The minimum absolute atomic E-state index is 0.130. The quantitative estimate of drug-likeness (QED) is 0.803. The number of carboxylic acid groups (broad SMARTS) is 1. The molecule has 0 saturated carbocycles. The second kappa shape index (κ2) is 5.58. The zero-order chi connectivity index (χ0) is 15.6. The molecule has 0 radical (unpaired) electrons. The minimum atomic E-state index is -5.15. The Kier molecular flexibility index (Phi) is 4.49. The van der Waals surface area contributed by atoms with Crippen LogP contribution < -0.4 is 10.6 Å². The van der Waals surface area contributed by atoms with Gasteiger partial charge in [-0.25, -0.2) is 9.59 Å². The number of halogens is 4. The fourth-order valence-electron chi connectivity index (χ4n) is 1.20. The van der Waals surface area contributed by atoms with E-state index in [1.165, 1.54) is 29.6 Å². The molecule has 110 valence electrons. The maximum absolute atomic E-state index is 12.7. The van der Waals surface area contributed by atoms with Crippen molar-refractivity contribution in [2.24, 2.45) is 0 Å². The highest BCUT2D eigenvalue weighted by Gasteiger charge is 2.58. The summed E-state index contributed by atoms with van der Waals surface area (Å²) in [6.07, 6.45) is -5.15. The molecule has 0 fully saturated rings. The van der Waals surface area contributed by atoms with Gasteiger partial charge in [0.2, 0.25) is 5.54 Å². The number of hydrogen-bond donors (Lipinski definition) is 3. The van der Waals surface area contributed by atoms with Crippen molar-refractivity contribution in [1.29, 1.82) is 0 Å². The van der Waals surface area contributed by atoms with E-state index in [0.717, 1.165) is 0 Å². The highest BCUT2D eigenvalue weighted by atomic mass is 35.5. The van der Waals surface area contributed by atoms with Crippen LogP contribution in [0.3, 0.4) is 0 Å². The van der Waals surface area contributed by atoms with Crippen molar-refractivity contribution < 1.29 is 27.9 Å². The summed E-state index contributed by atoms with van der Waals surface area (Å²) >= 11 is 5.64. The molecule has 0 aliphatic heterocycles. The summed E-state index contributed by atoms with van der Waals surface area (Å²) in [6.45, 7) is 0.354. The Hall–Kier alpha value is -1.96. The number of amides is 2. The van der Waals surface area contributed by atoms with Crippen LogP contribution in [-0.4, -0.2) is 28.8 Å². The van der Waals surface area contributed by atoms with Crippen molar-refractivity contribution in [3.63, 3.8) is 0 Å². The van der Waals surface area contributed by atoms with Crippen LogP contribution in [0.4, 0.5) is 23.7 Å². The van der Waals surface area contributed by atoms with E-state index in [2.05, 4.69) is 5.32 Å². The molecule has 1 aromatic carbocycles. The molecule has 0 aliphatic rings. The Labute approximate surface area is 116 Å². The summed E-state index contributed by atoms with van der Waals surface area (Å²) in [4.78, 5) is 22.2. The van der Waals surface area contributed by atoms with Gasteiger partial charge in [0.05, 0.1) is 0 Å². The molecule has 1 unspecified atom stereocenters. The van der Waals surface area contributed by atoms with Crippen LogP contribution in [0, 0.1) is 0 Å². The van der Waals surface area contributed by atoms with Gasteiger partial charge in [-0.3, -0.25) is 0 Å². The number of urea groups is 1. The number of carboxylic acids is 1. The van der Waals surface area contributed by atoms with Gasteiger partial charge >= 0.3 is 18.2 Å². The first-order valence-electron chi connectivity index (χ1n) is 5.21. The lowest BCUT2D eigenvalue weighted by Gasteiger charge is -2.28. The maximum Gasteiger partial charge on any atom is 0.422 e. The fourth-order valence-corrected chi connectivity index (χ4v) is 1.39. The van der Waals surface area contributed by atoms with Gasteiger partial charge < -0.3 is 15.7 Å². The van der Waals surface area contributed by atoms with E-state index in [1.807, 2.05) is 0 Å². The highest BCUT2D eigenvalue weighted by molar-refractivity contribution is 6.30. The van der Waals surface area contributed by atoms with Gasteiger partial charge in [-0.2, -0.15) is 13.2 Å². The summed E-state index contributed by atoms with van der Waals surface area (Å²) in [6, 6.07) is 4.35. The Morgan fingerprint density at radius 2 is 1.90 bits per heavy atom. The van der Waals surface area contributed by atoms with Crippen LogP contribution in [0.25, 0.3) is 0 Å². The third-order valence-electron chi connectivity index (χ3n) is 2.44. The lowest BCUT2D eigenvalue weighted by atomic mass is 10.0. The molecule has 5 nitrogen and oxygen atoms in total. The Balaban J connectivity index is 2.86. The number of rotatable bonds is 3. The van der Waals surface area contributed by atoms with Crippen molar-refractivity contribution in [3.8, 4) is 0 Å². The number of benzene rings is 1. The zero-order valence-corrected chi connectivity index (χ0v) is 10.8. The summed E-state index contributed by atoms with van der Waals surface area (Å²) in [5.41, 5.74) is -3.26. The van der Waals surface area contributed by atoms with Crippen LogP contribution in [0.2, 0.25) is 5.02 Å². The van der Waals surface area contributed by atoms with Crippen LogP contribution in [0.1, 0.15) is 6.92 Å². The summed E-state index contributed by atoms with van der Waals surface area (Å²) in [5, 5.41) is 12.4. The second-order valence-corrected chi connectivity index (χ2v) is 4.45. The third-order valence-corrected chi connectivity index (χ3v) is 2.68. The largest absolute Gasteiger partial charge is 0.479 e. The predicted molar refractivity (Wildman–Crippen MR) is 65.7 cm³/mol. The molecule has 0 heterocycles. The Morgan fingerprint density at radius 1 is 1.30 bits per heavy atom. The van der Waals surface area contributed by atoms with Crippen molar-refractivity contribution in [1.82, 2.24) is 5.32 Å². The van der Waals surface area contributed by atoms with E-state index in [1.54, 1.807) is 0 Å². The molecule has 2 amide bonds. The molecule has 0 bridgehead atoms. The van der Waals surface area contributed by atoms with Crippen LogP contribution in [0.5, 0.6) is 0 Å². The number of aliphatic carboxylic acids is 1. The van der Waals surface area contributed by atoms with Gasteiger partial charge in [-0.15, -0.1) is 0 Å². The van der Waals surface area contributed by atoms with Crippen molar-refractivity contribution in [3.05, 3.63) is 29.3 Å². The SMILES string of the molecule is CC(NC(=O)Nc1cccc(Cl)c1)(C(=O)O)C(F)(F)F. The van der Waals surface area contributed by atoms with Gasteiger partial charge in [0, 0.05) is 10.7 Å². The van der Waals surface area contributed by atoms with Crippen molar-refractivity contribution in [2.45, 2.75) is 18.6 Å². The average Bonchev–Trinajstić information content (AvgIpc) is 2.26. The average molecular weight is 311 g/mol. The van der Waals surface area contributed by atoms with E-state index in [0.29, 0.717) is 6.92 Å². The first kappa shape index (κ1) is 16.1. The monoisotopic (exact) mass is 310 g/mol. The summed E-state index contributed by atoms with van der Waals surface area (Å²) < 4.78 is 38.0. The molecule has 1 aromatic rings. The van der Waals surface area contributed by atoms with Gasteiger partial charge in [0.25, 0.3) is 0 Å². The smallest absolute Gasteiger partial charge is 0.422 e. The minimum Gasteiger partial charge on any atom is -0.479 e. The van der Waals surface area contributed by atoms with Crippen LogP contribution in [-0.2, 0) is 4.79 Å². The summed E-state index contributed by atoms with van der Waals surface area (Å²) in [7, 11) is 0. The fraction of sp³-hybridized carbons (Fsp3) is 0.273.